The van der Waals surface area contributed by atoms with Crippen molar-refractivity contribution in [1.29, 1.82) is 0 Å². The molecule has 0 radical (unpaired) electrons. The number of nitrogens with one attached hydrogen (secondary N) is 1. The van der Waals surface area contributed by atoms with Crippen LogP contribution in [-0.4, -0.2) is 18.6 Å². The van der Waals surface area contributed by atoms with Crippen LogP contribution in [-0.2, 0) is 14.1 Å². The van der Waals surface area contributed by atoms with Crippen molar-refractivity contribution in [3.05, 3.63) is 30.3 Å². The van der Waals surface area contributed by atoms with Gasteiger partial charge in [0, 0.05) is 23.7 Å². The van der Waals surface area contributed by atoms with E-state index in [1.807, 2.05) is 13.0 Å². The second-order valence-electron chi connectivity index (χ2n) is 4.35. The van der Waals surface area contributed by atoms with Gasteiger partial charge in [-0.05, 0) is 25.5 Å². The lowest BCUT2D eigenvalue weighted by molar-refractivity contribution is -0.144. The minimum atomic E-state index is -3.51. The van der Waals surface area contributed by atoms with Crippen LogP contribution in [0.1, 0.15) is 26.7 Å². The molecule has 20 heavy (non-hydrogen) atoms. The molecule has 0 spiro atoms. The van der Waals surface area contributed by atoms with Gasteiger partial charge in [-0.25, -0.2) is 9.65 Å². The van der Waals surface area contributed by atoms with Gasteiger partial charge in [0.05, 0.1) is 0 Å². The van der Waals surface area contributed by atoms with Crippen molar-refractivity contribution in [3.63, 3.8) is 0 Å². The molecular formula is C13H19ClNO4P. The van der Waals surface area contributed by atoms with E-state index in [4.69, 9.17) is 20.5 Å². The molecule has 2 atom stereocenters. The van der Waals surface area contributed by atoms with Gasteiger partial charge in [-0.1, -0.05) is 25.1 Å². The Hall–Kier alpha value is -1.03. The highest BCUT2D eigenvalue weighted by Crippen LogP contribution is 2.48. The molecule has 0 amide bonds. The molecule has 0 fully saturated rings. The van der Waals surface area contributed by atoms with Crippen LogP contribution >= 0.6 is 18.1 Å². The van der Waals surface area contributed by atoms with E-state index in [9.17, 15) is 9.36 Å². The fourth-order valence-electron chi connectivity index (χ4n) is 1.44. The molecule has 0 saturated carbocycles. The van der Waals surface area contributed by atoms with E-state index in [1.165, 1.54) is 0 Å². The van der Waals surface area contributed by atoms with Gasteiger partial charge in [0.1, 0.15) is 12.4 Å². The third-order valence-electron chi connectivity index (χ3n) is 2.29. The molecule has 7 heteroatoms. The van der Waals surface area contributed by atoms with E-state index in [1.54, 1.807) is 31.2 Å². The normalized spacial score (nSPS) is 15.2. The van der Waals surface area contributed by atoms with E-state index < -0.39 is 6.87 Å². The number of ether oxygens (including phenoxy) is 1. The van der Waals surface area contributed by atoms with E-state index in [0.29, 0.717) is 12.2 Å². The van der Waals surface area contributed by atoms with Crippen LogP contribution in [0, 0.1) is 0 Å². The van der Waals surface area contributed by atoms with Gasteiger partial charge in [0.25, 0.3) is 0 Å². The molecule has 0 aromatic heterocycles. The van der Waals surface area contributed by atoms with Crippen molar-refractivity contribution in [2.45, 2.75) is 32.7 Å². The second kappa shape index (κ2) is 8.30. The zero-order valence-electron chi connectivity index (χ0n) is 11.5. The Morgan fingerprint density at radius 2 is 2.05 bits per heavy atom. The number of halogens is 1. The Bertz CT molecular complexity index is 469. The summed E-state index contributed by atoms with van der Waals surface area (Å²) in [5, 5.41) is 2.62. The molecular weight excluding hydrogens is 301 g/mol. The summed E-state index contributed by atoms with van der Waals surface area (Å²) in [6.07, 6.45) is 1.09. The molecule has 1 aromatic carbocycles. The molecule has 2 unspecified atom stereocenters. The van der Waals surface area contributed by atoms with Gasteiger partial charge in [0.15, 0.2) is 0 Å². The zero-order valence-corrected chi connectivity index (χ0v) is 13.2. The van der Waals surface area contributed by atoms with E-state index >= 15 is 0 Å². The lowest BCUT2D eigenvalue weighted by Crippen LogP contribution is -2.29. The van der Waals surface area contributed by atoms with Crippen LogP contribution in [0.3, 0.4) is 0 Å². The summed E-state index contributed by atoms with van der Waals surface area (Å²) in [5.74, 6) is 0.128. The maximum atomic E-state index is 12.1. The maximum absolute atomic E-state index is 12.1. The first-order valence-electron chi connectivity index (χ1n) is 6.40. The highest BCUT2D eigenvalue weighted by atomic mass is 35.7. The number of hydrogen-bond acceptors (Lipinski definition) is 4. The number of benzene rings is 1. The van der Waals surface area contributed by atoms with Crippen LogP contribution in [0.4, 0.5) is 0 Å². The Labute approximate surface area is 123 Å². The Balaban J connectivity index is 2.41. The lowest BCUT2D eigenvalue weighted by atomic mass is 10.3. The van der Waals surface area contributed by atoms with Gasteiger partial charge >= 0.3 is 12.8 Å². The number of carbonyl (C=O) groups is 1. The minimum absolute atomic E-state index is 0.0910. The van der Waals surface area contributed by atoms with Crippen molar-refractivity contribution in [2.75, 3.05) is 6.61 Å². The molecule has 1 aromatic rings. The molecule has 0 aliphatic rings. The monoisotopic (exact) mass is 319 g/mol. The smallest absolute Gasteiger partial charge is 0.409 e. The molecule has 0 heterocycles. The summed E-state index contributed by atoms with van der Waals surface area (Å²) in [6.45, 7) is 0.179. The van der Waals surface area contributed by atoms with Crippen molar-refractivity contribution < 1.29 is 18.6 Å². The molecule has 0 aliphatic heterocycles. The van der Waals surface area contributed by atoms with E-state index in [0.717, 1.165) is 6.42 Å². The number of para-hydroxylation sites is 1. The van der Waals surface area contributed by atoms with Crippen molar-refractivity contribution in [3.8, 4) is 5.75 Å². The van der Waals surface area contributed by atoms with Crippen molar-refractivity contribution >= 4 is 24.1 Å². The minimum Gasteiger partial charge on any atom is -0.464 e. The van der Waals surface area contributed by atoms with Crippen LogP contribution in [0.2, 0.25) is 0 Å². The molecule has 1 N–H and O–H groups in total. The SMILES string of the molecule is CCCC(=O)OCC(C)NP(=O)(Cl)Oc1ccccc1. The van der Waals surface area contributed by atoms with Crippen LogP contribution in [0.15, 0.2) is 30.3 Å². The first kappa shape index (κ1) is 17.0. The standard InChI is InChI=1S/C13H19ClNO4P/c1-3-7-13(16)18-10-11(2)15-20(14,17)19-12-8-5-4-6-9-12/h4-6,8-9,11H,3,7,10H2,1-2H3,(H,15,17). The summed E-state index contributed by atoms with van der Waals surface area (Å²) in [7, 11) is 0. The quantitative estimate of drug-likeness (QED) is 0.584. The van der Waals surface area contributed by atoms with E-state index in [-0.39, 0.29) is 18.6 Å². The Morgan fingerprint density at radius 3 is 2.65 bits per heavy atom. The third kappa shape index (κ3) is 6.94. The summed E-state index contributed by atoms with van der Waals surface area (Å²) in [5.41, 5.74) is 0. The summed E-state index contributed by atoms with van der Waals surface area (Å²) in [6, 6.07) is 8.26. The molecule has 0 saturated heterocycles. The van der Waals surface area contributed by atoms with Gasteiger partial charge in [-0.2, -0.15) is 0 Å². The van der Waals surface area contributed by atoms with E-state index in [2.05, 4.69) is 5.09 Å². The first-order chi connectivity index (χ1) is 9.43. The number of hydrogen-bond donors (Lipinski definition) is 1. The summed E-state index contributed by atoms with van der Waals surface area (Å²) >= 11 is 5.82. The second-order valence-corrected chi connectivity index (χ2v) is 7.08. The predicted octanol–water partition coefficient (Wildman–Crippen LogP) is 3.73. The summed E-state index contributed by atoms with van der Waals surface area (Å²) in [4.78, 5) is 11.2. The molecule has 112 valence electrons. The lowest BCUT2D eigenvalue weighted by Gasteiger charge is -2.18. The van der Waals surface area contributed by atoms with Crippen molar-refractivity contribution in [2.24, 2.45) is 0 Å². The zero-order chi connectivity index (χ0) is 15.0. The fraction of sp³-hybridized carbons (Fsp3) is 0.462. The van der Waals surface area contributed by atoms with Crippen molar-refractivity contribution in [1.82, 2.24) is 5.09 Å². The Kier molecular flexibility index (Phi) is 7.06. The first-order valence-corrected chi connectivity index (χ1v) is 8.93. The largest absolute Gasteiger partial charge is 0.464 e. The fourth-order valence-corrected chi connectivity index (χ4v) is 3.22. The molecule has 0 bridgehead atoms. The Morgan fingerprint density at radius 1 is 1.40 bits per heavy atom. The van der Waals surface area contributed by atoms with Gasteiger partial charge in [-0.15, -0.1) is 0 Å². The van der Waals surface area contributed by atoms with Crippen LogP contribution in [0.5, 0.6) is 5.75 Å². The molecule has 5 nitrogen and oxygen atoms in total. The summed E-state index contributed by atoms with van der Waals surface area (Å²) < 4.78 is 22.3. The number of carbonyl (C=O) groups excluding carboxylic acids is 1. The molecule has 0 aliphatic carbocycles. The average molecular weight is 320 g/mol. The molecule has 1 rings (SSSR count). The van der Waals surface area contributed by atoms with Crippen LogP contribution in [0.25, 0.3) is 0 Å². The number of rotatable bonds is 8. The van der Waals surface area contributed by atoms with Gasteiger partial charge in [0.2, 0.25) is 0 Å². The van der Waals surface area contributed by atoms with Crippen LogP contribution < -0.4 is 9.61 Å². The number of esters is 1. The maximum Gasteiger partial charge on any atom is 0.409 e. The predicted molar refractivity (Wildman–Crippen MR) is 79.0 cm³/mol. The third-order valence-corrected chi connectivity index (χ3v) is 3.98. The highest BCUT2D eigenvalue weighted by molar-refractivity contribution is 7.84. The van der Waals surface area contributed by atoms with Gasteiger partial charge in [-0.3, -0.25) is 4.79 Å². The topological polar surface area (TPSA) is 64.6 Å². The average Bonchev–Trinajstić information content (AvgIpc) is 2.37. The highest BCUT2D eigenvalue weighted by Gasteiger charge is 2.24. The van der Waals surface area contributed by atoms with Gasteiger partial charge < -0.3 is 9.26 Å².